The zero-order valence-corrected chi connectivity index (χ0v) is 11.6. The normalized spacial score (nSPS) is 11.0. The van der Waals surface area contributed by atoms with Gasteiger partial charge in [0.05, 0.1) is 23.7 Å². The number of carboxylic acids is 1. The minimum absolute atomic E-state index is 0.0174. The van der Waals surface area contributed by atoms with Crippen LogP contribution in [0.25, 0.3) is 11.0 Å². The van der Waals surface area contributed by atoms with Gasteiger partial charge < -0.3 is 14.4 Å². The zero-order valence-electron chi connectivity index (χ0n) is 11.6. The molecule has 2 rings (SSSR count). The molecule has 6 nitrogen and oxygen atoms in total. The van der Waals surface area contributed by atoms with Gasteiger partial charge in [-0.2, -0.15) is 0 Å². The van der Waals surface area contributed by atoms with Gasteiger partial charge in [-0.3, -0.25) is 4.79 Å². The Hall–Kier alpha value is -2.37. The molecule has 2 aromatic rings. The summed E-state index contributed by atoms with van der Waals surface area (Å²) in [6, 6.07) is 4.68. The Kier molecular flexibility index (Phi) is 3.74. The maximum absolute atomic E-state index is 11.5. The van der Waals surface area contributed by atoms with E-state index in [0.717, 1.165) is 5.82 Å². The molecule has 106 valence electrons. The van der Waals surface area contributed by atoms with E-state index in [4.69, 9.17) is 5.11 Å². The van der Waals surface area contributed by atoms with Gasteiger partial charge in [-0.25, -0.2) is 9.78 Å². The molecule has 0 atom stereocenters. The summed E-state index contributed by atoms with van der Waals surface area (Å²) in [6.07, 6.45) is 0. The van der Waals surface area contributed by atoms with Crippen molar-refractivity contribution in [3.63, 3.8) is 0 Å². The predicted molar refractivity (Wildman–Crippen MR) is 72.8 cm³/mol. The third-order valence-electron chi connectivity index (χ3n) is 3.06. The van der Waals surface area contributed by atoms with E-state index in [1.54, 1.807) is 10.6 Å². The fourth-order valence-corrected chi connectivity index (χ4v) is 2.07. The van der Waals surface area contributed by atoms with Gasteiger partial charge in [0.1, 0.15) is 12.4 Å². The molecule has 1 heterocycles. The number of aromatic nitrogens is 2. The number of fused-ring (bicyclic) bond motifs is 1. The number of imidazole rings is 1. The van der Waals surface area contributed by atoms with Crippen LogP contribution in [0.4, 0.5) is 0 Å². The average Bonchev–Trinajstić information content (AvgIpc) is 2.76. The molecule has 20 heavy (non-hydrogen) atoms. The molecular formula is C14H16N2O4. The predicted octanol–water partition coefficient (Wildman–Crippen LogP) is 2.03. The zero-order chi connectivity index (χ0) is 14.9. The molecule has 0 radical (unpaired) electrons. The second kappa shape index (κ2) is 5.32. The number of methoxy groups -OCH3 is 1. The number of rotatable bonds is 4. The second-order valence-electron chi connectivity index (χ2n) is 4.80. The number of hydrogen-bond donors (Lipinski definition) is 1. The van der Waals surface area contributed by atoms with Crippen LogP contribution in [0.15, 0.2) is 18.2 Å². The Bertz CT molecular complexity index is 673. The average molecular weight is 276 g/mol. The number of carbonyl (C=O) groups excluding carboxylic acids is 1. The third-order valence-corrected chi connectivity index (χ3v) is 3.06. The minimum atomic E-state index is -1.01. The number of benzene rings is 1. The molecule has 0 fully saturated rings. The SMILES string of the molecule is COC(=O)Cn1c(C(C)C)nc2ccc(C(=O)O)cc21. The molecule has 0 unspecified atom stereocenters. The van der Waals surface area contributed by atoms with Crippen molar-refractivity contribution in [2.24, 2.45) is 0 Å². The highest BCUT2D eigenvalue weighted by molar-refractivity contribution is 5.92. The van der Waals surface area contributed by atoms with Crippen molar-refractivity contribution in [2.45, 2.75) is 26.3 Å². The third kappa shape index (κ3) is 2.49. The first-order valence-corrected chi connectivity index (χ1v) is 6.24. The molecule has 0 amide bonds. The molecule has 0 saturated heterocycles. The van der Waals surface area contributed by atoms with Gasteiger partial charge in [0.2, 0.25) is 0 Å². The highest BCUT2D eigenvalue weighted by Gasteiger charge is 2.17. The standard InChI is InChI=1S/C14H16N2O4/c1-8(2)13-15-10-5-4-9(14(18)19)6-11(10)16(13)7-12(17)20-3/h4-6,8H,7H2,1-3H3,(H,18,19). The number of nitrogens with zero attached hydrogens (tertiary/aromatic N) is 2. The van der Waals surface area contributed by atoms with Gasteiger partial charge in [0.15, 0.2) is 0 Å². The Labute approximate surface area is 116 Å². The molecule has 0 aliphatic carbocycles. The number of hydrogen-bond acceptors (Lipinski definition) is 4. The summed E-state index contributed by atoms with van der Waals surface area (Å²) < 4.78 is 6.39. The van der Waals surface area contributed by atoms with E-state index < -0.39 is 11.9 Å². The summed E-state index contributed by atoms with van der Waals surface area (Å²) in [7, 11) is 1.32. The molecule has 0 bridgehead atoms. The van der Waals surface area contributed by atoms with Gasteiger partial charge in [0.25, 0.3) is 0 Å². The second-order valence-corrected chi connectivity index (χ2v) is 4.80. The maximum atomic E-state index is 11.5. The highest BCUT2D eigenvalue weighted by atomic mass is 16.5. The van der Waals surface area contributed by atoms with Crippen molar-refractivity contribution in [3.8, 4) is 0 Å². The van der Waals surface area contributed by atoms with Crippen molar-refractivity contribution in [3.05, 3.63) is 29.6 Å². The Morgan fingerprint density at radius 3 is 2.65 bits per heavy atom. The lowest BCUT2D eigenvalue weighted by atomic mass is 10.2. The van der Waals surface area contributed by atoms with E-state index in [0.29, 0.717) is 11.0 Å². The Morgan fingerprint density at radius 1 is 1.40 bits per heavy atom. The van der Waals surface area contributed by atoms with Gasteiger partial charge in [-0.1, -0.05) is 13.8 Å². The van der Waals surface area contributed by atoms with Gasteiger partial charge >= 0.3 is 11.9 Å². The fourth-order valence-electron chi connectivity index (χ4n) is 2.07. The summed E-state index contributed by atoms with van der Waals surface area (Å²) in [6.45, 7) is 3.95. The van der Waals surface area contributed by atoms with E-state index in [1.807, 2.05) is 13.8 Å². The molecule has 0 aliphatic heterocycles. The molecule has 1 aromatic heterocycles. The number of aromatic carboxylic acids is 1. The van der Waals surface area contributed by atoms with E-state index in [2.05, 4.69) is 9.72 Å². The quantitative estimate of drug-likeness (QED) is 0.864. The van der Waals surface area contributed by atoms with E-state index in [9.17, 15) is 9.59 Å². The van der Waals surface area contributed by atoms with Crippen LogP contribution >= 0.6 is 0 Å². The van der Waals surface area contributed by atoms with E-state index >= 15 is 0 Å². The first-order chi connectivity index (χ1) is 9.43. The molecule has 1 aromatic carbocycles. The van der Waals surface area contributed by atoms with E-state index in [-0.39, 0.29) is 18.0 Å². The monoisotopic (exact) mass is 276 g/mol. The van der Waals surface area contributed by atoms with Crippen LogP contribution in [0.2, 0.25) is 0 Å². The van der Waals surface area contributed by atoms with Crippen LogP contribution in [0, 0.1) is 0 Å². The number of esters is 1. The topological polar surface area (TPSA) is 81.4 Å². The van der Waals surface area contributed by atoms with Crippen LogP contribution in [0.5, 0.6) is 0 Å². The molecule has 0 spiro atoms. The fraction of sp³-hybridized carbons (Fsp3) is 0.357. The first kappa shape index (κ1) is 14.0. The van der Waals surface area contributed by atoms with Crippen molar-refractivity contribution in [2.75, 3.05) is 7.11 Å². The molecular weight excluding hydrogens is 260 g/mol. The molecule has 0 aliphatic rings. The van der Waals surface area contributed by atoms with Crippen molar-refractivity contribution in [1.82, 2.24) is 9.55 Å². The van der Waals surface area contributed by atoms with Crippen molar-refractivity contribution >= 4 is 23.0 Å². The first-order valence-electron chi connectivity index (χ1n) is 6.24. The Balaban J connectivity index is 2.64. The summed E-state index contributed by atoms with van der Waals surface area (Å²) in [5.41, 5.74) is 1.46. The van der Waals surface area contributed by atoms with Crippen LogP contribution in [0.1, 0.15) is 35.9 Å². The van der Waals surface area contributed by atoms with Crippen LogP contribution in [0.3, 0.4) is 0 Å². The smallest absolute Gasteiger partial charge is 0.335 e. The minimum Gasteiger partial charge on any atom is -0.478 e. The van der Waals surface area contributed by atoms with Crippen LogP contribution in [-0.2, 0) is 16.1 Å². The molecule has 6 heteroatoms. The lowest BCUT2D eigenvalue weighted by Gasteiger charge is -2.10. The number of ether oxygens (including phenoxy) is 1. The lowest BCUT2D eigenvalue weighted by molar-refractivity contribution is -0.141. The largest absolute Gasteiger partial charge is 0.478 e. The highest BCUT2D eigenvalue weighted by Crippen LogP contribution is 2.23. The summed E-state index contributed by atoms with van der Waals surface area (Å²) in [4.78, 5) is 27.0. The Morgan fingerprint density at radius 2 is 2.10 bits per heavy atom. The number of carbonyl (C=O) groups is 2. The molecule has 1 N–H and O–H groups in total. The van der Waals surface area contributed by atoms with Gasteiger partial charge in [0, 0.05) is 5.92 Å². The van der Waals surface area contributed by atoms with Gasteiger partial charge in [-0.15, -0.1) is 0 Å². The van der Waals surface area contributed by atoms with Crippen molar-refractivity contribution < 1.29 is 19.4 Å². The lowest BCUT2D eigenvalue weighted by Crippen LogP contribution is -2.15. The van der Waals surface area contributed by atoms with E-state index in [1.165, 1.54) is 19.2 Å². The summed E-state index contributed by atoms with van der Waals surface area (Å²) >= 11 is 0. The van der Waals surface area contributed by atoms with Gasteiger partial charge in [-0.05, 0) is 18.2 Å². The van der Waals surface area contributed by atoms with Crippen molar-refractivity contribution in [1.29, 1.82) is 0 Å². The molecule has 0 saturated carbocycles. The summed E-state index contributed by atoms with van der Waals surface area (Å²) in [5.74, 6) is -0.566. The van der Waals surface area contributed by atoms with Crippen LogP contribution < -0.4 is 0 Å². The summed E-state index contributed by atoms with van der Waals surface area (Å²) in [5, 5.41) is 9.06. The maximum Gasteiger partial charge on any atom is 0.335 e. The number of carboxylic acid groups (broad SMARTS) is 1. The van der Waals surface area contributed by atoms with Crippen LogP contribution in [-0.4, -0.2) is 33.7 Å².